The van der Waals surface area contributed by atoms with Crippen LogP contribution in [0.15, 0.2) is 12.3 Å². The Hall–Kier alpha value is -1.40. The van der Waals surface area contributed by atoms with Crippen molar-refractivity contribution in [1.82, 2.24) is 14.9 Å². The van der Waals surface area contributed by atoms with Crippen LogP contribution in [0.25, 0.3) is 0 Å². The minimum absolute atomic E-state index is 0.450. The van der Waals surface area contributed by atoms with E-state index in [1.54, 1.807) is 0 Å². The maximum absolute atomic E-state index is 5.88. The van der Waals surface area contributed by atoms with Crippen LogP contribution in [-0.4, -0.2) is 73.4 Å². The third-order valence-electron chi connectivity index (χ3n) is 5.45. The lowest BCUT2D eigenvalue weighted by Gasteiger charge is -2.37. The third-order valence-corrected chi connectivity index (χ3v) is 5.45. The van der Waals surface area contributed by atoms with Crippen LogP contribution in [0.3, 0.4) is 0 Å². The molecule has 0 N–H and O–H groups in total. The fraction of sp³-hybridized carbons (Fsp3) is 0.778. The topological polar surface area (TPSA) is 44.7 Å². The Bertz CT molecular complexity index is 520. The first-order valence-corrected chi connectivity index (χ1v) is 9.55. The summed E-state index contributed by atoms with van der Waals surface area (Å²) in [6.07, 6.45) is 8.67. The SMILES string of the molecule is c1cc(N2CCN(CC3CCCCO3)CC2)nc(N2CCCC2)n1. The Morgan fingerprint density at radius 1 is 0.958 bits per heavy atom. The molecular weight excluding hydrogens is 302 g/mol. The molecule has 1 aromatic heterocycles. The molecule has 1 atom stereocenters. The largest absolute Gasteiger partial charge is 0.377 e. The van der Waals surface area contributed by atoms with Crippen molar-refractivity contribution in [3.63, 3.8) is 0 Å². The molecule has 3 aliphatic rings. The van der Waals surface area contributed by atoms with Crippen molar-refractivity contribution >= 4 is 11.8 Å². The van der Waals surface area contributed by atoms with Crippen molar-refractivity contribution in [2.24, 2.45) is 0 Å². The number of rotatable bonds is 4. The maximum atomic E-state index is 5.88. The van der Waals surface area contributed by atoms with E-state index in [1.807, 2.05) is 6.20 Å². The first-order valence-electron chi connectivity index (χ1n) is 9.55. The van der Waals surface area contributed by atoms with Gasteiger partial charge < -0.3 is 14.5 Å². The standard InChI is InChI=1S/C18H29N5O/c1-4-14-24-16(5-1)15-21-10-12-22(13-11-21)17-6-7-19-18(20-17)23-8-2-3-9-23/h6-7,16H,1-5,8-15H2. The molecule has 0 aliphatic carbocycles. The fourth-order valence-electron chi connectivity index (χ4n) is 3.98. The number of nitrogens with zero attached hydrogens (tertiary/aromatic N) is 5. The highest BCUT2D eigenvalue weighted by molar-refractivity contribution is 5.44. The molecule has 3 saturated heterocycles. The Morgan fingerprint density at radius 3 is 2.54 bits per heavy atom. The van der Waals surface area contributed by atoms with Crippen LogP contribution in [-0.2, 0) is 4.74 Å². The predicted molar refractivity (Wildman–Crippen MR) is 95.7 cm³/mol. The van der Waals surface area contributed by atoms with Crippen LogP contribution >= 0.6 is 0 Å². The van der Waals surface area contributed by atoms with Gasteiger partial charge in [-0.15, -0.1) is 0 Å². The lowest BCUT2D eigenvalue weighted by molar-refractivity contribution is -0.00646. The van der Waals surface area contributed by atoms with Gasteiger partial charge in [0, 0.05) is 58.6 Å². The number of anilines is 2. The maximum Gasteiger partial charge on any atom is 0.227 e. The summed E-state index contributed by atoms with van der Waals surface area (Å²) >= 11 is 0. The van der Waals surface area contributed by atoms with Crippen LogP contribution in [0.5, 0.6) is 0 Å². The van der Waals surface area contributed by atoms with E-state index in [0.717, 1.165) is 64.2 Å². The van der Waals surface area contributed by atoms with Gasteiger partial charge in [-0.25, -0.2) is 4.98 Å². The number of ether oxygens (including phenoxy) is 1. The Kier molecular flexibility index (Phi) is 5.13. The number of hydrogen-bond donors (Lipinski definition) is 0. The summed E-state index contributed by atoms with van der Waals surface area (Å²) in [5, 5.41) is 0. The minimum Gasteiger partial charge on any atom is -0.377 e. The van der Waals surface area contributed by atoms with Gasteiger partial charge in [0.1, 0.15) is 5.82 Å². The summed E-state index contributed by atoms with van der Waals surface area (Å²) in [6.45, 7) is 8.52. The summed E-state index contributed by atoms with van der Waals surface area (Å²) < 4.78 is 5.88. The molecule has 1 aromatic rings. The molecule has 4 rings (SSSR count). The molecule has 0 bridgehead atoms. The second-order valence-corrected chi connectivity index (χ2v) is 7.19. The number of hydrogen-bond acceptors (Lipinski definition) is 6. The molecule has 0 spiro atoms. The Labute approximate surface area is 144 Å². The molecule has 0 radical (unpaired) electrons. The number of aromatic nitrogens is 2. The zero-order chi connectivity index (χ0) is 16.2. The summed E-state index contributed by atoms with van der Waals surface area (Å²) in [4.78, 5) is 16.5. The van der Waals surface area contributed by atoms with Gasteiger partial charge in [-0.1, -0.05) is 0 Å². The van der Waals surface area contributed by atoms with Crippen molar-refractivity contribution in [1.29, 1.82) is 0 Å². The molecule has 4 heterocycles. The van der Waals surface area contributed by atoms with Gasteiger partial charge in [-0.2, -0.15) is 4.98 Å². The number of piperazine rings is 1. The summed E-state index contributed by atoms with van der Waals surface area (Å²) in [6, 6.07) is 2.06. The second-order valence-electron chi connectivity index (χ2n) is 7.19. The monoisotopic (exact) mass is 331 g/mol. The molecule has 6 nitrogen and oxygen atoms in total. The van der Waals surface area contributed by atoms with Gasteiger partial charge in [-0.3, -0.25) is 4.90 Å². The molecule has 3 fully saturated rings. The van der Waals surface area contributed by atoms with Crippen LogP contribution in [0.4, 0.5) is 11.8 Å². The van der Waals surface area contributed by atoms with Gasteiger partial charge >= 0.3 is 0 Å². The van der Waals surface area contributed by atoms with Gasteiger partial charge in [-0.05, 0) is 38.2 Å². The Balaban J connectivity index is 1.31. The zero-order valence-corrected chi connectivity index (χ0v) is 14.6. The molecule has 1 unspecified atom stereocenters. The quantitative estimate of drug-likeness (QED) is 0.838. The summed E-state index contributed by atoms with van der Waals surface area (Å²) in [5.41, 5.74) is 0. The van der Waals surface area contributed by atoms with Gasteiger partial charge in [0.05, 0.1) is 6.10 Å². The molecular formula is C18H29N5O. The van der Waals surface area contributed by atoms with Crippen LogP contribution < -0.4 is 9.80 Å². The van der Waals surface area contributed by atoms with E-state index in [1.165, 1.54) is 32.1 Å². The van der Waals surface area contributed by atoms with E-state index in [-0.39, 0.29) is 0 Å². The van der Waals surface area contributed by atoms with Crippen LogP contribution in [0.1, 0.15) is 32.1 Å². The Morgan fingerprint density at radius 2 is 1.79 bits per heavy atom. The highest BCUT2D eigenvalue weighted by Crippen LogP contribution is 2.20. The summed E-state index contributed by atoms with van der Waals surface area (Å²) in [5.74, 6) is 1.99. The van der Waals surface area contributed by atoms with Gasteiger partial charge in [0.25, 0.3) is 0 Å². The van der Waals surface area contributed by atoms with E-state index in [2.05, 4.69) is 25.8 Å². The molecule has 3 aliphatic heterocycles. The first kappa shape index (κ1) is 16.1. The lowest BCUT2D eigenvalue weighted by Crippen LogP contribution is -2.49. The molecule has 6 heteroatoms. The smallest absolute Gasteiger partial charge is 0.227 e. The highest BCUT2D eigenvalue weighted by Gasteiger charge is 2.23. The normalized spacial score (nSPS) is 26.1. The zero-order valence-electron chi connectivity index (χ0n) is 14.6. The van der Waals surface area contributed by atoms with E-state index in [0.29, 0.717) is 6.10 Å². The first-order chi connectivity index (χ1) is 11.9. The van der Waals surface area contributed by atoms with Gasteiger partial charge in [0.15, 0.2) is 0 Å². The molecule has 132 valence electrons. The van der Waals surface area contributed by atoms with Crippen LogP contribution in [0.2, 0.25) is 0 Å². The molecule has 0 amide bonds. The minimum atomic E-state index is 0.450. The fourth-order valence-corrected chi connectivity index (χ4v) is 3.98. The van der Waals surface area contributed by atoms with E-state index < -0.39 is 0 Å². The van der Waals surface area contributed by atoms with Gasteiger partial charge in [0.2, 0.25) is 5.95 Å². The van der Waals surface area contributed by atoms with Crippen molar-refractivity contribution in [3.8, 4) is 0 Å². The lowest BCUT2D eigenvalue weighted by atomic mass is 10.1. The summed E-state index contributed by atoms with van der Waals surface area (Å²) in [7, 11) is 0. The van der Waals surface area contributed by atoms with Crippen LogP contribution in [0, 0.1) is 0 Å². The van der Waals surface area contributed by atoms with E-state index in [4.69, 9.17) is 9.72 Å². The highest BCUT2D eigenvalue weighted by atomic mass is 16.5. The van der Waals surface area contributed by atoms with E-state index >= 15 is 0 Å². The average molecular weight is 331 g/mol. The van der Waals surface area contributed by atoms with Crippen molar-refractivity contribution < 1.29 is 4.74 Å². The predicted octanol–water partition coefficient (Wildman–Crippen LogP) is 1.77. The van der Waals surface area contributed by atoms with E-state index in [9.17, 15) is 0 Å². The molecule has 0 aromatic carbocycles. The third kappa shape index (κ3) is 3.81. The average Bonchev–Trinajstić information content (AvgIpc) is 3.18. The van der Waals surface area contributed by atoms with Crippen molar-refractivity contribution in [2.75, 3.05) is 62.2 Å². The van der Waals surface area contributed by atoms with Crippen molar-refractivity contribution in [3.05, 3.63) is 12.3 Å². The molecule has 24 heavy (non-hydrogen) atoms. The van der Waals surface area contributed by atoms with Crippen molar-refractivity contribution in [2.45, 2.75) is 38.2 Å². The second kappa shape index (κ2) is 7.66. The molecule has 0 saturated carbocycles.